The number of thiophene rings is 1. The van der Waals surface area contributed by atoms with Gasteiger partial charge in [-0.15, -0.1) is 11.3 Å². The number of ketones is 1. The third-order valence-electron chi connectivity index (χ3n) is 3.08. The van der Waals surface area contributed by atoms with Crippen LogP contribution in [0.5, 0.6) is 0 Å². The second-order valence-electron chi connectivity index (χ2n) is 4.81. The SMILES string of the molecule is CC(=O)c1sc(NCc2ccc(C)cc2)c(C(N)=O)c1N. The van der Waals surface area contributed by atoms with E-state index in [1.807, 2.05) is 31.2 Å². The summed E-state index contributed by atoms with van der Waals surface area (Å²) in [6, 6.07) is 8.01. The Labute approximate surface area is 127 Å². The maximum Gasteiger partial charge on any atom is 0.253 e. The van der Waals surface area contributed by atoms with Gasteiger partial charge >= 0.3 is 0 Å². The molecular weight excluding hydrogens is 286 g/mol. The Kier molecular flexibility index (Phi) is 4.28. The van der Waals surface area contributed by atoms with Crippen molar-refractivity contribution in [1.29, 1.82) is 0 Å². The van der Waals surface area contributed by atoms with Gasteiger partial charge in [0.25, 0.3) is 5.91 Å². The number of nitrogen functional groups attached to an aromatic ring is 1. The molecule has 2 aromatic rings. The normalized spacial score (nSPS) is 10.4. The molecule has 21 heavy (non-hydrogen) atoms. The highest BCUT2D eigenvalue weighted by molar-refractivity contribution is 7.19. The van der Waals surface area contributed by atoms with Gasteiger partial charge in [0.2, 0.25) is 0 Å². The molecule has 6 heteroatoms. The van der Waals surface area contributed by atoms with Gasteiger partial charge in [0.15, 0.2) is 5.78 Å². The summed E-state index contributed by atoms with van der Waals surface area (Å²) in [7, 11) is 0. The number of amides is 1. The lowest BCUT2D eigenvalue weighted by Crippen LogP contribution is -2.15. The number of anilines is 2. The minimum Gasteiger partial charge on any atom is -0.397 e. The van der Waals surface area contributed by atoms with E-state index in [0.29, 0.717) is 16.4 Å². The molecule has 1 amide bonds. The Hall–Kier alpha value is -2.34. The van der Waals surface area contributed by atoms with Gasteiger partial charge in [0.1, 0.15) is 5.00 Å². The topological polar surface area (TPSA) is 98.2 Å². The Morgan fingerprint density at radius 3 is 2.38 bits per heavy atom. The largest absolute Gasteiger partial charge is 0.397 e. The van der Waals surface area contributed by atoms with Gasteiger partial charge in [-0.05, 0) is 12.5 Å². The first-order chi connectivity index (χ1) is 9.90. The summed E-state index contributed by atoms with van der Waals surface area (Å²) < 4.78 is 0. The molecule has 5 N–H and O–H groups in total. The van der Waals surface area contributed by atoms with Crippen LogP contribution in [0.25, 0.3) is 0 Å². The molecule has 0 atom stereocenters. The summed E-state index contributed by atoms with van der Waals surface area (Å²) >= 11 is 1.16. The number of rotatable bonds is 5. The Balaban J connectivity index is 2.27. The third kappa shape index (κ3) is 3.22. The zero-order valence-electron chi connectivity index (χ0n) is 11.9. The fourth-order valence-electron chi connectivity index (χ4n) is 1.96. The number of hydrogen-bond donors (Lipinski definition) is 3. The van der Waals surface area contributed by atoms with Gasteiger partial charge in [-0.3, -0.25) is 9.59 Å². The van der Waals surface area contributed by atoms with Crippen LogP contribution in [0.2, 0.25) is 0 Å². The van der Waals surface area contributed by atoms with Gasteiger partial charge in [-0.2, -0.15) is 0 Å². The van der Waals surface area contributed by atoms with Crippen molar-refractivity contribution >= 4 is 33.7 Å². The number of hydrogen-bond acceptors (Lipinski definition) is 5. The number of nitrogens with one attached hydrogen (secondary N) is 1. The highest BCUT2D eigenvalue weighted by atomic mass is 32.1. The molecule has 0 bridgehead atoms. The van der Waals surface area contributed by atoms with E-state index < -0.39 is 5.91 Å². The molecule has 1 aromatic heterocycles. The number of carbonyl (C=O) groups is 2. The molecule has 0 aliphatic heterocycles. The van der Waals surface area contributed by atoms with Crippen molar-refractivity contribution < 1.29 is 9.59 Å². The van der Waals surface area contributed by atoms with Crippen LogP contribution in [0.3, 0.4) is 0 Å². The lowest BCUT2D eigenvalue weighted by Gasteiger charge is -2.06. The van der Waals surface area contributed by atoms with E-state index in [2.05, 4.69) is 5.32 Å². The minimum atomic E-state index is -0.636. The van der Waals surface area contributed by atoms with Crippen molar-refractivity contribution in [1.82, 2.24) is 0 Å². The fourth-order valence-corrected chi connectivity index (χ4v) is 2.98. The summed E-state index contributed by atoms with van der Waals surface area (Å²) in [5.41, 5.74) is 13.8. The molecule has 0 saturated carbocycles. The summed E-state index contributed by atoms with van der Waals surface area (Å²) in [4.78, 5) is 23.4. The number of primary amides is 1. The highest BCUT2D eigenvalue weighted by Gasteiger charge is 2.22. The number of nitrogens with two attached hydrogens (primary N) is 2. The summed E-state index contributed by atoms with van der Waals surface area (Å²) in [5.74, 6) is -0.814. The van der Waals surface area contributed by atoms with Gasteiger partial charge in [-0.25, -0.2) is 0 Å². The average molecular weight is 303 g/mol. The predicted octanol–water partition coefficient (Wildman–Crippen LogP) is 2.55. The van der Waals surface area contributed by atoms with Crippen LogP contribution in [0, 0.1) is 6.92 Å². The summed E-state index contributed by atoms with van der Waals surface area (Å²) in [6.45, 7) is 3.95. The Bertz CT molecular complexity index is 690. The van der Waals surface area contributed by atoms with E-state index in [9.17, 15) is 9.59 Å². The molecule has 0 radical (unpaired) electrons. The molecule has 0 aliphatic carbocycles. The average Bonchev–Trinajstić information content (AvgIpc) is 2.75. The molecule has 2 rings (SSSR count). The molecule has 0 aliphatic rings. The van der Waals surface area contributed by atoms with Crippen molar-refractivity contribution in [2.75, 3.05) is 11.1 Å². The summed E-state index contributed by atoms with van der Waals surface area (Å²) in [5, 5.41) is 3.67. The first-order valence-electron chi connectivity index (χ1n) is 6.42. The third-order valence-corrected chi connectivity index (χ3v) is 4.35. The van der Waals surface area contributed by atoms with Crippen LogP contribution in [-0.2, 0) is 6.54 Å². The molecular formula is C15H17N3O2S. The van der Waals surface area contributed by atoms with E-state index in [-0.39, 0.29) is 17.0 Å². The van der Waals surface area contributed by atoms with Gasteiger partial charge in [-0.1, -0.05) is 29.8 Å². The number of benzene rings is 1. The van der Waals surface area contributed by atoms with E-state index >= 15 is 0 Å². The van der Waals surface area contributed by atoms with Crippen LogP contribution < -0.4 is 16.8 Å². The molecule has 110 valence electrons. The zero-order chi connectivity index (χ0) is 15.6. The maximum absolute atomic E-state index is 11.5. The summed E-state index contributed by atoms with van der Waals surface area (Å²) in [6.07, 6.45) is 0. The molecule has 5 nitrogen and oxygen atoms in total. The number of aryl methyl sites for hydroxylation is 1. The molecule has 0 spiro atoms. The van der Waals surface area contributed by atoms with Crippen molar-refractivity contribution in [3.63, 3.8) is 0 Å². The lowest BCUT2D eigenvalue weighted by molar-refractivity contribution is 0.100. The smallest absolute Gasteiger partial charge is 0.253 e. The van der Waals surface area contributed by atoms with Gasteiger partial charge in [0.05, 0.1) is 16.1 Å². The molecule has 0 fully saturated rings. The molecule has 1 heterocycles. The number of carbonyl (C=O) groups excluding carboxylic acids is 2. The zero-order valence-corrected chi connectivity index (χ0v) is 12.7. The Morgan fingerprint density at radius 2 is 1.86 bits per heavy atom. The van der Waals surface area contributed by atoms with Crippen LogP contribution in [0.15, 0.2) is 24.3 Å². The van der Waals surface area contributed by atoms with Crippen LogP contribution in [0.1, 0.15) is 38.1 Å². The number of Topliss-reactive ketones (excluding diaryl/α,β-unsaturated/α-hetero) is 1. The molecule has 0 saturated heterocycles. The van der Waals surface area contributed by atoms with E-state index in [4.69, 9.17) is 11.5 Å². The predicted molar refractivity (Wildman–Crippen MR) is 85.8 cm³/mol. The maximum atomic E-state index is 11.5. The van der Waals surface area contributed by atoms with Gasteiger partial charge < -0.3 is 16.8 Å². The second-order valence-corrected chi connectivity index (χ2v) is 5.83. The van der Waals surface area contributed by atoms with Crippen LogP contribution in [0.4, 0.5) is 10.7 Å². The second kappa shape index (κ2) is 5.97. The monoisotopic (exact) mass is 303 g/mol. The highest BCUT2D eigenvalue weighted by Crippen LogP contribution is 2.36. The Morgan fingerprint density at radius 1 is 1.24 bits per heavy atom. The van der Waals surface area contributed by atoms with Crippen molar-refractivity contribution in [2.24, 2.45) is 5.73 Å². The van der Waals surface area contributed by atoms with Crippen molar-refractivity contribution in [3.05, 3.63) is 45.8 Å². The van der Waals surface area contributed by atoms with E-state index in [1.54, 1.807) is 0 Å². The molecule has 0 unspecified atom stereocenters. The lowest BCUT2D eigenvalue weighted by atomic mass is 10.1. The van der Waals surface area contributed by atoms with Crippen LogP contribution >= 0.6 is 11.3 Å². The standard InChI is InChI=1S/C15H17N3O2S/c1-8-3-5-10(6-4-8)7-18-15-11(14(17)20)12(16)13(21-15)9(2)19/h3-6,18H,7,16H2,1-2H3,(H2,17,20). The van der Waals surface area contributed by atoms with E-state index in [1.165, 1.54) is 12.5 Å². The van der Waals surface area contributed by atoms with Crippen molar-refractivity contribution in [3.8, 4) is 0 Å². The first kappa shape index (κ1) is 15.1. The minimum absolute atomic E-state index is 0.159. The first-order valence-corrected chi connectivity index (χ1v) is 7.24. The van der Waals surface area contributed by atoms with Crippen LogP contribution in [-0.4, -0.2) is 11.7 Å². The van der Waals surface area contributed by atoms with Crippen molar-refractivity contribution in [2.45, 2.75) is 20.4 Å². The fraction of sp³-hybridized carbons (Fsp3) is 0.200. The van der Waals surface area contributed by atoms with Gasteiger partial charge in [0, 0.05) is 13.5 Å². The van der Waals surface area contributed by atoms with E-state index in [0.717, 1.165) is 16.9 Å². The molecule has 1 aromatic carbocycles. The quantitative estimate of drug-likeness (QED) is 0.739.